The van der Waals surface area contributed by atoms with E-state index in [1.807, 2.05) is 17.7 Å². The van der Waals surface area contributed by atoms with Crippen molar-refractivity contribution >= 4 is 11.9 Å². The number of nitrogens with zero attached hydrogens (tertiary/aromatic N) is 1. The van der Waals surface area contributed by atoms with Gasteiger partial charge in [0.1, 0.15) is 0 Å². The van der Waals surface area contributed by atoms with Crippen LogP contribution in [0.3, 0.4) is 0 Å². The van der Waals surface area contributed by atoms with Gasteiger partial charge in [0, 0.05) is 24.5 Å². The number of aryl methyl sites for hydroxylation is 1. The molecule has 1 aromatic heterocycles. The standard InChI is InChI=1S/C9H11NO/c1-4-9-5-8(7(2)11)6-10(9)3/h4-6H,1H2,2-3H3. The fraction of sp³-hybridized carbons (Fsp3) is 0.222. The maximum atomic E-state index is 10.9. The molecule has 58 valence electrons. The van der Waals surface area contributed by atoms with E-state index in [1.165, 1.54) is 0 Å². The molecule has 0 bridgehead atoms. The number of carbonyl (C=O) groups excluding carboxylic acids is 1. The predicted octanol–water partition coefficient (Wildman–Crippen LogP) is 1.87. The second kappa shape index (κ2) is 2.74. The van der Waals surface area contributed by atoms with Crippen LogP contribution in [0.25, 0.3) is 6.08 Å². The molecule has 0 saturated carbocycles. The molecule has 0 atom stereocenters. The Morgan fingerprint density at radius 3 is 2.64 bits per heavy atom. The van der Waals surface area contributed by atoms with E-state index in [1.54, 1.807) is 19.2 Å². The van der Waals surface area contributed by atoms with Gasteiger partial charge in [-0.3, -0.25) is 4.79 Å². The van der Waals surface area contributed by atoms with E-state index in [9.17, 15) is 4.79 Å². The Bertz CT molecular complexity index is 297. The van der Waals surface area contributed by atoms with Crippen LogP contribution in [0.5, 0.6) is 0 Å². The molecule has 0 aromatic carbocycles. The summed E-state index contributed by atoms with van der Waals surface area (Å²) in [6, 6.07) is 1.83. The van der Waals surface area contributed by atoms with E-state index >= 15 is 0 Å². The Morgan fingerprint density at radius 2 is 2.36 bits per heavy atom. The van der Waals surface area contributed by atoms with Gasteiger partial charge in [-0.25, -0.2) is 0 Å². The highest BCUT2D eigenvalue weighted by atomic mass is 16.1. The van der Waals surface area contributed by atoms with Crippen molar-refractivity contribution in [3.63, 3.8) is 0 Å². The van der Waals surface area contributed by atoms with E-state index in [4.69, 9.17) is 0 Å². The topological polar surface area (TPSA) is 22.0 Å². The van der Waals surface area contributed by atoms with Crippen LogP contribution in [0.4, 0.5) is 0 Å². The van der Waals surface area contributed by atoms with Gasteiger partial charge in [-0.2, -0.15) is 0 Å². The molecule has 2 heteroatoms. The Morgan fingerprint density at radius 1 is 1.73 bits per heavy atom. The monoisotopic (exact) mass is 149 g/mol. The normalized spacial score (nSPS) is 9.64. The molecule has 0 aliphatic carbocycles. The largest absolute Gasteiger partial charge is 0.350 e. The third-order valence-corrected chi connectivity index (χ3v) is 1.66. The molecule has 1 rings (SSSR count). The molecule has 0 aliphatic heterocycles. The lowest BCUT2D eigenvalue weighted by atomic mass is 10.2. The third kappa shape index (κ3) is 1.40. The van der Waals surface area contributed by atoms with Crippen LogP contribution in [0.1, 0.15) is 23.0 Å². The molecular formula is C9H11NO. The molecule has 0 aliphatic rings. The zero-order valence-corrected chi connectivity index (χ0v) is 6.79. The minimum absolute atomic E-state index is 0.0914. The van der Waals surface area contributed by atoms with Crippen LogP contribution in [0.2, 0.25) is 0 Å². The van der Waals surface area contributed by atoms with Crippen LogP contribution < -0.4 is 0 Å². The van der Waals surface area contributed by atoms with Gasteiger partial charge in [0.05, 0.1) is 0 Å². The van der Waals surface area contributed by atoms with Gasteiger partial charge in [-0.15, -0.1) is 0 Å². The zero-order chi connectivity index (χ0) is 8.43. The SMILES string of the molecule is C=Cc1cc(C(C)=O)cn1C. The lowest BCUT2D eigenvalue weighted by molar-refractivity contribution is 0.101. The lowest BCUT2D eigenvalue weighted by Crippen LogP contribution is -1.88. The number of hydrogen-bond acceptors (Lipinski definition) is 1. The molecule has 0 saturated heterocycles. The van der Waals surface area contributed by atoms with Gasteiger partial charge in [-0.1, -0.05) is 6.58 Å². The first-order chi connectivity index (χ1) is 5.15. The number of Topliss-reactive ketones (excluding diaryl/α,β-unsaturated/α-hetero) is 1. The van der Waals surface area contributed by atoms with Gasteiger partial charge >= 0.3 is 0 Å². The van der Waals surface area contributed by atoms with E-state index in [0.717, 1.165) is 11.3 Å². The highest BCUT2D eigenvalue weighted by Crippen LogP contribution is 2.08. The van der Waals surface area contributed by atoms with Crippen molar-refractivity contribution in [2.75, 3.05) is 0 Å². The van der Waals surface area contributed by atoms with Crippen LogP contribution >= 0.6 is 0 Å². The minimum Gasteiger partial charge on any atom is -0.350 e. The first kappa shape index (κ1) is 7.79. The van der Waals surface area contributed by atoms with E-state index in [2.05, 4.69) is 6.58 Å². The summed E-state index contributed by atoms with van der Waals surface area (Å²) < 4.78 is 1.88. The Kier molecular flexibility index (Phi) is 1.94. The van der Waals surface area contributed by atoms with Crippen LogP contribution in [-0.4, -0.2) is 10.4 Å². The maximum Gasteiger partial charge on any atom is 0.161 e. The molecule has 11 heavy (non-hydrogen) atoms. The smallest absolute Gasteiger partial charge is 0.161 e. The molecule has 1 heterocycles. The lowest BCUT2D eigenvalue weighted by Gasteiger charge is -1.91. The first-order valence-electron chi connectivity index (χ1n) is 3.45. The van der Waals surface area contributed by atoms with Gasteiger partial charge < -0.3 is 4.57 Å². The molecule has 2 nitrogen and oxygen atoms in total. The molecular weight excluding hydrogens is 138 g/mol. The molecule has 0 radical (unpaired) electrons. The van der Waals surface area contributed by atoms with Crippen molar-refractivity contribution in [1.82, 2.24) is 4.57 Å². The van der Waals surface area contributed by atoms with E-state index < -0.39 is 0 Å². The number of ketones is 1. The summed E-state index contributed by atoms with van der Waals surface area (Å²) in [7, 11) is 1.89. The van der Waals surface area contributed by atoms with Gasteiger partial charge in [0.25, 0.3) is 0 Å². The number of rotatable bonds is 2. The fourth-order valence-electron chi connectivity index (χ4n) is 0.977. The van der Waals surface area contributed by atoms with E-state index in [-0.39, 0.29) is 5.78 Å². The van der Waals surface area contributed by atoms with Crippen LogP contribution in [-0.2, 0) is 7.05 Å². The van der Waals surface area contributed by atoms with Crippen molar-refractivity contribution < 1.29 is 4.79 Å². The van der Waals surface area contributed by atoms with Crippen molar-refractivity contribution in [3.05, 3.63) is 30.1 Å². The first-order valence-corrected chi connectivity index (χ1v) is 3.45. The summed E-state index contributed by atoms with van der Waals surface area (Å²) in [6.45, 7) is 5.19. The molecule has 0 unspecified atom stereocenters. The van der Waals surface area contributed by atoms with Crippen molar-refractivity contribution in [1.29, 1.82) is 0 Å². The Balaban J connectivity index is 3.14. The Hall–Kier alpha value is -1.31. The summed E-state index contributed by atoms with van der Waals surface area (Å²) in [5.74, 6) is 0.0914. The highest BCUT2D eigenvalue weighted by molar-refractivity contribution is 5.94. The second-order valence-electron chi connectivity index (χ2n) is 2.52. The van der Waals surface area contributed by atoms with Crippen LogP contribution in [0, 0.1) is 0 Å². The summed E-state index contributed by atoms with van der Waals surface area (Å²) in [4.78, 5) is 10.9. The summed E-state index contributed by atoms with van der Waals surface area (Å²) in [5.41, 5.74) is 1.71. The number of aromatic nitrogens is 1. The molecule has 0 N–H and O–H groups in total. The minimum atomic E-state index is 0.0914. The number of hydrogen-bond donors (Lipinski definition) is 0. The van der Waals surface area contributed by atoms with Crippen molar-refractivity contribution in [2.24, 2.45) is 7.05 Å². The van der Waals surface area contributed by atoms with Crippen LogP contribution in [0.15, 0.2) is 18.8 Å². The van der Waals surface area contributed by atoms with Gasteiger partial charge in [0.2, 0.25) is 0 Å². The van der Waals surface area contributed by atoms with E-state index in [0.29, 0.717) is 0 Å². The molecule has 1 aromatic rings. The molecule has 0 amide bonds. The summed E-state index contributed by atoms with van der Waals surface area (Å²) >= 11 is 0. The molecule has 0 spiro atoms. The highest BCUT2D eigenvalue weighted by Gasteiger charge is 2.02. The maximum absolute atomic E-state index is 10.9. The molecule has 0 fully saturated rings. The average molecular weight is 149 g/mol. The van der Waals surface area contributed by atoms with Crippen molar-refractivity contribution in [2.45, 2.75) is 6.92 Å². The van der Waals surface area contributed by atoms with Crippen molar-refractivity contribution in [3.8, 4) is 0 Å². The number of carbonyl (C=O) groups is 1. The summed E-state index contributed by atoms with van der Waals surface area (Å²) in [5, 5.41) is 0. The predicted molar refractivity (Wildman–Crippen MR) is 45.5 cm³/mol. The summed E-state index contributed by atoms with van der Waals surface area (Å²) in [6.07, 6.45) is 3.53. The van der Waals surface area contributed by atoms with Gasteiger partial charge in [-0.05, 0) is 19.1 Å². The third-order valence-electron chi connectivity index (χ3n) is 1.66. The Labute approximate surface area is 66.1 Å². The zero-order valence-electron chi connectivity index (χ0n) is 6.79. The second-order valence-corrected chi connectivity index (χ2v) is 2.52. The van der Waals surface area contributed by atoms with Gasteiger partial charge in [0.15, 0.2) is 5.78 Å². The average Bonchev–Trinajstić information content (AvgIpc) is 2.31. The quantitative estimate of drug-likeness (QED) is 0.588. The fourth-order valence-corrected chi connectivity index (χ4v) is 0.977.